The maximum absolute atomic E-state index is 12.2. The zero-order chi connectivity index (χ0) is 20.5. The Kier molecular flexibility index (Phi) is 7.64. The quantitative estimate of drug-likeness (QED) is 0.674. The summed E-state index contributed by atoms with van der Waals surface area (Å²) in [6.07, 6.45) is 0.899. The minimum Gasteiger partial charge on any atom is -0.369 e. The predicted octanol–water partition coefficient (Wildman–Crippen LogP) is 2.13. The highest BCUT2D eigenvalue weighted by atomic mass is 16.2. The van der Waals surface area contributed by atoms with Crippen LogP contribution in [0.25, 0.3) is 0 Å². The van der Waals surface area contributed by atoms with Crippen LogP contribution in [-0.4, -0.2) is 62.0 Å². The van der Waals surface area contributed by atoms with E-state index in [4.69, 9.17) is 0 Å². The van der Waals surface area contributed by atoms with Crippen LogP contribution in [0.1, 0.15) is 23.7 Å². The van der Waals surface area contributed by atoms with Gasteiger partial charge in [-0.25, -0.2) is 0 Å². The van der Waals surface area contributed by atoms with Crippen LogP contribution in [0.3, 0.4) is 0 Å². The molecule has 1 atom stereocenters. The normalized spacial score (nSPS) is 15.6. The average Bonchev–Trinajstić information content (AvgIpc) is 2.78. The molecule has 2 aromatic carbocycles. The van der Waals surface area contributed by atoms with Crippen molar-refractivity contribution in [3.05, 3.63) is 66.2 Å². The van der Waals surface area contributed by atoms with E-state index in [1.165, 1.54) is 5.69 Å². The molecule has 1 unspecified atom stereocenters. The van der Waals surface area contributed by atoms with Gasteiger partial charge in [-0.05, 0) is 44.2 Å². The number of para-hydroxylation sites is 1. The maximum atomic E-state index is 12.2. The standard InChI is InChI=1S/C23H30N4O2/c1-19(25-23(29)20-9-4-2-5-10-20)22(28)24-13-8-14-26-15-17-27(18-16-26)21-11-6-3-7-12-21/h2-7,9-12,19H,8,13-18H2,1H3,(H,24,28)(H,25,29). The second-order valence-electron chi connectivity index (χ2n) is 7.37. The summed E-state index contributed by atoms with van der Waals surface area (Å²) < 4.78 is 0. The minimum absolute atomic E-state index is 0.150. The molecule has 1 heterocycles. The van der Waals surface area contributed by atoms with Crippen LogP contribution in [0.2, 0.25) is 0 Å². The van der Waals surface area contributed by atoms with Crippen molar-refractivity contribution in [2.45, 2.75) is 19.4 Å². The Morgan fingerprint density at radius 3 is 2.21 bits per heavy atom. The molecule has 1 fully saturated rings. The van der Waals surface area contributed by atoms with Crippen LogP contribution in [0.4, 0.5) is 5.69 Å². The molecule has 1 aliphatic rings. The van der Waals surface area contributed by atoms with Gasteiger partial charge in [-0.1, -0.05) is 36.4 Å². The molecule has 0 radical (unpaired) electrons. The van der Waals surface area contributed by atoms with E-state index in [1.807, 2.05) is 12.1 Å². The number of anilines is 1. The van der Waals surface area contributed by atoms with Gasteiger partial charge in [0.05, 0.1) is 0 Å². The lowest BCUT2D eigenvalue weighted by Crippen LogP contribution is -2.47. The third-order valence-corrected chi connectivity index (χ3v) is 5.22. The Morgan fingerprint density at radius 2 is 1.55 bits per heavy atom. The first-order valence-electron chi connectivity index (χ1n) is 10.3. The van der Waals surface area contributed by atoms with Gasteiger partial charge in [0.1, 0.15) is 6.04 Å². The molecule has 1 saturated heterocycles. The monoisotopic (exact) mass is 394 g/mol. The Hall–Kier alpha value is -2.86. The maximum Gasteiger partial charge on any atom is 0.251 e. The zero-order valence-corrected chi connectivity index (χ0v) is 17.0. The van der Waals surface area contributed by atoms with Crippen LogP contribution < -0.4 is 15.5 Å². The highest BCUT2D eigenvalue weighted by Gasteiger charge is 2.18. The molecule has 29 heavy (non-hydrogen) atoms. The topological polar surface area (TPSA) is 64.7 Å². The average molecular weight is 395 g/mol. The van der Waals surface area contributed by atoms with Gasteiger partial charge < -0.3 is 15.5 Å². The van der Waals surface area contributed by atoms with Gasteiger partial charge in [0.15, 0.2) is 0 Å². The minimum atomic E-state index is -0.558. The Balaban J connectivity index is 1.30. The summed E-state index contributed by atoms with van der Waals surface area (Å²) in [5.74, 6) is -0.382. The molecule has 0 aromatic heterocycles. The molecule has 2 N–H and O–H groups in total. The lowest BCUT2D eigenvalue weighted by molar-refractivity contribution is -0.122. The summed E-state index contributed by atoms with van der Waals surface area (Å²) >= 11 is 0. The van der Waals surface area contributed by atoms with Crippen LogP contribution in [-0.2, 0) is 4.79 Å². The number of hydrogen-bond acceptors (Lipinski definition) is 4. The number of nitrogens with one attached hydrogen (secondary N) is 2. The largest absolute Gasteiger partial charge is 0.369 e. The molecular formula is C23H30N4O2. The number of benzene rings is 2. The molecular weight excluding hydrogens is 364 g/mol. The van der Waals surface area contributed by atoms with Crippen molar-refractivity contribution in [2.24, 2.45) is 0 Å². The summed E-state index contributed by atoms with van der Waals surface area (Å²) in [4.78, 5) is 29.2. The predicted molar refractivity (Wildman–Crippen MR) is 116 cm³/mol. The summed E-state index contributed by atoms with van der Waals surface area (Å²) in [6.45, 7) is 7.41. The molecule has 6 heteroatoms. The second kappa shape index (κ2) is 10.6. The first kappa shape index (κ1) is 20.9. The van der Waals surface area contributed by atoms with E-state index in [0.29, 0.717) is 12.1 Å². The molecule has 0 spiro atoms. The first-order valence-corrected chi connectivity index (χ1v) is 10.3. The molecule has 154 valence electrons. The summed E-state index contributed by atoms with van der Waals surface area (Å²) in [7, 11) is 0. The summed E-state index contributed by atoms with van der Waals surface area (Å²) in [6, 6.07) is 18.9. The van der Waals surface area contributed by atoms with Crippen LogP contribution >= 0.6 is 0 Å². The number of rotatable bonds is 8. The van der Waals surface area contributed by atoms with Gasteiger partial charge in [-0.15, -0.1) is 0 Å². The summed E-state index contributed by atoms with van der Waals surface area (Å²) in [5.41, 5.74) is 1.84. The highest BCUT2D eigenvalue weighted by molar-refractivity contribution is 5.97. The number of piperazine rings is 1. The van der Waals surface area contributed by atoms with Crippen molar-refractivity contribution in [3.63, 3.8) is 0 Å². The van der Waals surface area contributed by atoms with Crippen LogP contribution in [0, 0.1) is 0 Å². The number of carbonyl (C=O) groups excluding carboxylic acids is 2. The molecule has 0 aliphatic carbocycles. The molecule has 0 bridgehead atoms. The van der Waals surface area contributed by atoms with Crippen molar-refractivity contribution in [3.8, 4) is 0 Å². The van der Waals surface area contributed by atoms with Gasteiger partial charge in [-0.3, -0.25) is 14.5 Å². The fraction of sp³-hybridized carbons (Fsp3) is 0.391. The first-order chi connectivity index (χ1) is 14.1. The third-order valence-electron chi connectivity index (χ3n) is 5.22. The Labute approximate surface area is 172 Å². The fourth-order valence-electron chi connectivity index (χ4n) is 3.47. The van der Waals surface area contributed by atoms with Gasteiger partial charge in [0.25, 0.3) is 5.91 Å². The number of amides is 2. The van der Waals surface area contributed by atoms with E-state index in [0.717, 1.165) is 39.1 Å². The van der Waals surface area contributed by atoms with Gasteiger partial charge in [-0.2, -0.15) is 0 Å². The van der Waals surface area contributed by atoms with Crippen molar-refractivity contribution in [1.82, 2.24) is 15.5 Å². The van der Waals surface area contributed by atoms with E-state index in [-0.39, 0.29) is 11.8 Å². The number of hydrogen-bond donors (Lipinski definition) is 2. The van der Waals surface area contributed by atoms with E-state index < -0.39 is 6.04 Å². The van der Waals surface area contributed by atoms with Gasteiger partial charge >= 0.3 is 0 Å². The molecule has 3 rings (SSSR count). The van der Waals surface area contributed by atoms with Crippen molar-refractivity contribution in [1.29, 1.82) is 0 Å². The molecule has 0 saturated carbocycles. The van der Waals surface area contributed by atoms with E-state index in [1.54, 1.807) is 31.2 Å². The zero-order valence-electron chi connectivity index (χ0n) is 17.0. The van der Waals surface area contributed by atoms with E-state index in [2.05, 4.69) is 44.7 Å². The lowest BCUT2D eigenvalue weighted by Gasteiger charge is -2.36. The van der Waals surface area contributed by atoms with Crippen molar-refractivity contribution < 1.29 is 9.59 Å². The molecule has 6 nitrogen and oxygen atoms in total. The highest BCUT2D eigenvalue weighted by Crippen LogP contribution is 2.15. The van der Waals surface area contributed by atoms with Gasteiger partial charge in [0, 0.05) is 44.0 Å². The third kappa shape index (κ3) is 6.32. The SMILES string of the molecule is CC(NC(=O)c1ccccc1)C(=O)NCCCN1CCN(c2ccccc2)CC1. The molecule has 2 aromatic rings. The number of nitrogens with zero attached hydrogens (tertiary/aromatic N) is 2. The number of carbonyl (C=O) groups is 2. The summed E-state index contributed by atoms with van der Waals surface area (Å²) in [5, 5.41) is 5.66. The van der Waals surface area contributed by atoms with Gasteiger partial charge in [0.2, 0.25) is 5.91 Å². The van der Waals surface area contributed by atoms with Crippen molar-refractivity contribution >= 4 is 17.5 Å². The van der Waals surface area contributed by atoms with E-state index >= 15 is 0 Å². The Bertz CT molecular complexity index is 774. The van der Waals surface area contributed by atoms with Crippen LogP contribution in [0.5, 0.6) is 0 Å². The van der Waals surface area contributed by atoms with Crippen LogP contribution in [0.15, 0.2) is 60.7 Å². The molecule has 2 amide bonds. The second-order valence-corrected chi connectivity index (χ2v) is 7.37. The van der Waals surface area contributed by atoms with Crippen molar-refractivity contribution in [2.75, 3.05) is 44.2 Å². The smallest absolute Gasteiger partial charge is 0.251 e. The lowest BCUT2D eigenvalue weighted by atomic mass is 10.2. The molecule has 1 aliphatic heterocycles. The Morgan fingerprint density at radius 1 is 0.931 bits per heavy atom. The van der Waals surface area contributed by atoms with E-state index in [9.17, 15) is 9.59 Å². The fourth-order valence-corrected chi connectivity index (χ4v) is 3.47.